The third kappa shape index (κ3) is 2.78. The fourth-order valence-corrected chi connectivity index (χ4v) is 3.37. The van der Waals surface area contributed by atoms with Crippen LogP contribution in [0, 0.1) is 0 Å². The van der Waals surface area contributed by atoms with Gasteiger partial charge >= 0.3 is 0 Å². The first-order chi connectivity index (χ1) is 13.0. The second-order valence-electron chi connectivity index (χ2n) is 6.50. The van der Waals surface area contributed by atoms with E-state index in [1.54, 1.807) is 12.1 Å². The third-order valence-electron chi connectivity index (χ3n) is 4.61. The molecule has 27 heavy (non-hydrogen) atoms. The number of nitrogens with zero attached hydrogens (tertiary/aromatic N) is 2. The van der Waals surface area contributed by atoms with Gasteiger partial charge in [0.15, 0.2) is 5.78 Å². The number of aromatic nitrogens is 2. The second kappa shape index (κ2) is 6.55. The minimum atomic E-state index is -0.356. The molecule has 0 fully saturated rings. The van der Waals surface area contributed by atoms with E-state index >= 15 is 0 Å². The molecule has 7 heteroatoms. The normalized spacial score (nSPS) is 11.9. The van der Waals surface area contributed by atoms with Crippen LogP contribution < -0.4 is 10.2 Å². The smallest absolute Gasteiger partial charge is 0.239 e. The number of nitrogens with one attached hydrogen (secondary N) is 2. The van der Waals surface area contributed by atoms with Gasteiger partial charge in [-0.1, -0.05) is 24.3 Å². The number of alkyl halides is 1. The van der Waals surface area contributed by atoms with Crippen LogP contribution in [0.1, 0.15) is 15.9 Å². The number of aromatic amines is 1. The number of rotatable bonds is 4. The number of fused-ring (bicyclic) bond motifs is 3. The molecule has 6 nitrogen and oxygen atoms in total. The number of anilines is 2. The molecule has 1 aromatic heterocycles. The van der Waals surface area contributed by atoms with Gasteiger partial charge in [0.05, 0.1) is 22.5 Å². The number of amides is 1. The molecule has 3 aromatic rings. The van der Waals surface area contributed by atoms with Gasteiger partial charge in [0.2, 0.25) is 5.91 Å². The number of hydrogen-bond acceptors (Lipinski definition) is 4. The highest BCUT2D eigenvalue weighted by Gasteiger charge is 2.34. The van der Waals surface area contributed by atoms with Gasteiger partial charge in [-0.3, -0.25) is 14.7 Å². The summed E-state index contributed by atoms with van der Waals surface area (Å²) < 4.78 is 0. The Morgan fingerprint density at radius 2 is 1.89 bits per heavy atom. The van der Waals surface area contributed by atoms with E-state index in [1.165, 1.54) is 0 Å². The van der Waals surface area contributed by atoms with Crippen LogP contribution in [0.2, 0.25) is 0 Å². The zero-order chi connectivity index (χ0) is 19.1. The lowest BCUT2D eigenvalue weighted by atomic mass is 10.0. The largest absolute Gasteiger partial charge is 0.378 e. The average molecular weight is 381 g/mol. The van der Waals surface area contributed by atoms with Gasteiger partial charge in [0, 0.05) is 30.9 Å². The molecule has 1 heterocycles. The molecule has 0 atom stereocenters. The molecule has 4 rings (SSSR count). The first-order valence-corrected chi connectivity index (χ1v) is 8.94. The SMILES string of the molecule is CN(C)c1ccc(-c2n[nH]c3c2C(=O)c2c(NC(=O)CCl)cccc2-3)cc1. The summed E-state index contributed by atoms with van der Waals surface area (Å²) in [5.41, 5.74) is 5.36. The Bertz CT molecular complexity index is 1050. The number of halogens is 1. The van der Waals surface area contributed by atoms with Crippen molar-refractivity contribution in [3.05, 3.63) is 53.6 Å². The van der Waals surface area contributed by atoms with Crippen molar-refractivity contribution < 1.29 is 9.59 Å². The van der Waals surface area contributed by atoms with E-state index in [2.05, 4.69) is 15.5 Å². The minimum Gasteiger partial charge on any atom is -0.378 e. The molecule has 1 aliphatic carbocycles. The van der Waals surface area contributed by atoms with Crippen molar-refractivity contribution in [2.24, 2.45) is 0 Å². The number of benzene rings is 2. The fraction of sp³-hybridized carbons (Fsp3) is 0.150. The van der Waals surface area contributed by atoms with Gasteiger partial charge in [-0.2, -0.15) is 5.10 Å². The third-order valence-corrected chi connectivity index (χ3v) is 4.85. The predicted molar refractivity (Wildman–Crippen MR) is 107 cm³/mol. The van der Waals surface area contributed by atoms with E-state index < -0.39 is 0 Å². The molecule has 2 N–H and O–H groups in total. The maximum atomic E-state index is 13.2. The van der Waals surface area contributed by atoms with Crippen LogP contribution in [0.5, 0.6) is 0 Å². The van der Waals surface area contributed by atoms with Crippen LogP contribution in [0.3, 0.4) is 0 Å². The lowest BCUT2D eigenvalue weighted by molar-refractivity contribution is -0.113. The minimum absolute atomic E-state index is 0.161. The van der Waals surface area contributed by atoms with Crippen molar-refractivity contribution in [1.29, 1.82) is 0 Å². The van der Waals surface area contributed by atoms with Gasteiger partial charge in [-0.25, -0.2) is 0 Å². The van der Waals surface area contributed by atoms with Crippen molar-refractivity contribution in [3.8, 4) is 22.5 Å². The van der Waals surface area contributed by atoms with Crippen LogP contribution in [0.15, 0.2) is 42.5 Å². The molecule has 0 saturated carbocycles. The summed E-state index contributed by atoms with van der Waals surface area (Å²) in [7, 11) is 3.94. The van der Waals surface area contributed by atoms with Gasteiger partial charge in [-0.05, 0) is 18.2 Å². The predicted octanol–water partition coefficient (Wildman–Crippen LogP) is 3.53. The zero-order valence-electron chi connectivity index (χ0n) is 14.8. The van der Waals surface area contributed by atoms with Crippen molar-refractivity contribution in [1.82, 2.24) is 10.2 Å². The number of carbonyl (C=O) groups is 2. The Morgan fingerprint density at radius 1 is 1.15 bits per heavy atom. The molecule has 0 spiro atoms. The molecule has 0 aliphatic heterocycles. The van der Waals surface area contributed by atoms with E-state index in [0.29, 0.717) is 28.2 Å². The van der Waals surface area contributed by atoms with E-state index in [0.717, 1.165) is 16.8 Å². The van der Waals surface area contributed by atoms with E-state index in [9.17, 15) is 9.59 Å². The summed E-state index contributed by atoms with van der Waals surface area (Å²) >= 11 is 5.58. The maximum absolute atomic E-state index is 13.2. The Kier molecular flexibility index (Phi) is 4.20. The molecule has 0 unspecified atom stereocenters. The van der Waals surface area contributed by atoms with E-state index in [4.69, 9.17) is 11.6 Å². The maximum Gasteiger partial charge on any atom is 0.239 e. The Morgan fingerprint density at radius 3 is 2.56 bits per heavy atom. The highest BCUT2D eigenvalue weighted by Crippen LogP contribution is 2.43. The molecular formula is C20H17ClN4O2. The molecule has 136 valence electrons. The molecule has 1 amide bonds. The number of H-pyrrole nitrogens is 1. The Hall–Kier alpha value is -3.12. The lowest BCUT2D eigenvalue weighted by Crippen LogP contribution is -2.15. The van der Waals surface area contributed by atoms with Crippen LogP contribution in [0.4, 0.5) is 11.4 Å². The number of carbonyl (C=O) groups excluding carboxylic acids is 2. The van der Waals surface area contributed by atoms with Crippen LogP contribution >= 0.6 is 11.6 Å². The van der Waals surface area contributed by atoms with Crippen molar-refractivity contribution in [2.45, 2.75) is 0 Å². The second-order valence-corrected chi connectivity index (χ2v) is 6.77. The molecule has 2 aromatic carbocycles. The summed E-state index contributed by atoms with van der Waals surface area (Å²) in [4.78, 5) is 26.9. The van der Waals surface area contributed by atoms with Gasteiger partial charge in [0.1, 0.15) is 11.6 Å². The summed E-state index contributed by atoms with van der Waals surface area (Å²) in [5, 5.41) is 10.0. The van der Waals surface area contributed by atoms with Crippen molar-refractivity contribution in [3.63, 3.8) is 0 Å². The quantitative estimate of drug-likeness (QED) is 0.531. The monoisotopic (exact) mass is 380 g/mol. The van der Waals surface area contributed by atoms with Crippen molar-refractivity contribution >= 4 is 34.7 Å². The van der Waals surface area contributed by atoms with Crippen LogP contribution in [-0.2, 0) is 4.79 Å². The van der Waals surface area contributed by atoms with Gasteiger partial charge in [0.25, 0.3) is 0 Å². The summed E-state index contributed by atoms with van der Waals surface area (Å²) in [5.74, 6) is -0.689. The number of ketones is 1. The van der Waals surface area contributed by atoms with Gasteiger partial charge in [-0.15, -0.1) is 11.6 Å². The fourth-order valence-electron chi connectivity index (χ4n) is 3.30. The number of hydrogen-bond donors (Lipinski definition) is 2. The Balaban J connectivity index is 1.78. The highest BCUT2D eigenvalue weighted by atomic mass is 35.5. The highest BCUT2D eigenvalue weighted by molar-refractivity contribution is 6.30. The molecule has 0 saturated heterocycles. The summed E-state index contributed by atoms with van der Waals surface area (Å²) in [6.45, 7) is 0. The summed E-state index contributed by atoms with van der Waals surface area (Å²) in [6.07, 6.45) is 0. The van der Waals surface area contributed by atoms with Crippen LogP contribution in [0.25, 0.3) is 22.5 Å². The lowest BCUT2D eigenvalue weighted by Gasteiger charge is -2.12. The standard InChI is InChI=1S/C20H17ClN4O2/c1-25(2)12-8-6-11(7-9-12)18-17-19(24-23-18)13-4-3-5-14(16(13)20(17)27)22-15(26)10-21/h3-9H,10H2,1-2H3,(H,22,26)(H,23,24). The molecular weight excluding hydrogens is 364 g/mol. The van der Waals surface area contributed by atoms with Crippen molar-refractivity contribution in [2.75, 3.05) is 30.2 Å². The zero-order valence-corrected chi connectivity index (χ0v) is 15.6. The van der Waals surface area contributed by atoms with Crippen LogP contribution in [-0.4, -0.2) is 41.9 Å². The topological polar surface area (TPSA) is 78.1 Å². The summed E-state index contributed by atoms with van der Waals surface area (Å²) in [6, 6.07) is 13.2. The molecule has 0 radical (unpaired) electrons. The first kappa shape index (κ1) is 17.3. The van der Waals surface area contributed by atoms with E-state index in [-0.39, 0.29) is 17.6 Å². The Labute approximate surface area is 161 Å². The molecule has 1 aliphatic rings. The molecule has 0 bridgehead atoms. The van der Waals surface area contributed by atoms with Gasteiger partial charge < -0.3 is 10.2 Å². The van der Waals surface area contributed by atoms with E-state index in [1.807, 2.05) is 49.3 Å². The average Bonchev–Trinajstić information content (AvgIpc) is 3.22. The first-order valence-electron chi connectivity index (χ1n) is 8.41.